The predicted octanol–water partition coefficient (Wildman–Crippen LogP) is 3.82. The molecule has 0 aliphatic heterocycles. The summed E-state index contributed by atoms with van der Waals surface area (Å²) in [6.45, 7) is 6.34. The molecule has 2 rings (SSSR count). The molecule has 0 amide bonds. The van der Waals surface area contributed by atoms with Gasteiger partial charge in [-0.2, -0.15) is 13.2 Å². The Labute approximate surface area is 116 Å². The van der Waals surface area contributed by atoms with Crippen LogP contribution in [0.15, 0.2) is 18.2 Å². The molecule has 0 spiro atoms. The van der Waals surface area contributed by atoms with E-state index >= 15 is 0 Å². The molecule has 0 aliphatic rings. The van der Waals surface area contributed by atoms with Gasteiger partial charge in [-0.1, -0.05) is 25.6 Å². The van der Waals surface area contributed by atoms with Gasteiger partial charge in [-0.05, 0) is 18.2 Å². The van der Waals surface area contributed by atoms with Gasteiger partial charge in [-0.15, -0.1) is 5.54 Å². The van der Waals surface area contributed by atoms with Gasteiger partial charge in [-0.25, -0.2) is 4.98 Å². The van der Waals surface area contributed by atoms with Gasteiger partial charge >= 0.3 is 6.18 Å². The number of aromatic nitrogens is 2. The molecule has 1 aromatic carbocycles. The number of alkyl halides is 3. The second-order valence-electron chi connectivity index (χ2n) is 5.70. The summed E-state index contributed by atoms with van der Waals surface area (Å²) in [6.07, 6.45) is -4.45. The van der Waals surface area contributed by atoms with Gasteiger partial charge in [0.1, 0.15) is 8.07 Å². The van der Waals surface area contributed by atoms with Gasteiger partial charge in [0.05, 0.1) is 11.0 Å². The normalized spacial score (nSPS) is 12.3. The molecular formula is C14H15F3N2Si. The summed E-state index contributed by atoms with van der Waals surface area (Å²) < 4.78 is 39.4. The molecule has 0 aliphatic carbocycles. The molecule has 0 saturated heterocycles. The average Bonchev–Trinajstić information content (AvgIpc) is 2.63. The van der Waals surface area contributed by atoms with Crippen LogP contribution >= 0.6 is 0 Å². The Bertz CT molecular complexity index is 712. The summed E-state index contributed by atoms with van der Waals surface area (Å²) in [5, 5.41) is 0. The van der Waals surface area contributed by atoms with Crippen molar-refractivity contribution in [3.8, 4) is 11.5 Å². The molecule has 20 heavy (non-hydrogen) atoms. The lowest BCUT2D eigenvalue weighted by atomic mass is 10.2. The predicted molar refractivity (Wildman–Crippen MR) is 75.9 cm³/mol. The van der Waals surface area contributed by atoms with Crippen molar-refractivity contribution >= 4 is 19.1 Å². The third-order valence-corrected chi connectivity index (χ3v) is 3.59. The minimum Gasteiger partial charge on any atom is -0.323 e. The maximum atomic E-state index is 12.8. The number of halogens is 3. The van der Waals surface area contributed by atoms with Gasteiger partial charge in [-0.3, -0.25) is 0 Å². The van der Waals surface area contributed by atoms with Crippen LogP contribution in [0.5, 0.6) is 0 Å². The van der Waals surface area contributed by atoms with Crippen molar-refractivity contribution in [1.82, 2.24) is 9.55 Å². The SMILES string of the molecule is Cn1c(C(F)(F)F)nc2cc(C#C[Si](C)(C)C)ccc21. The van der Waals surface area contributed by atoms with E-state index in [4.69, 9.17) is 0 Å². The molecule has 0 bridgehead atoms. The van der Waals surface area contributed by atoms with E-state index in [1.165, 1.54) is 7.05 Å². The summed E-state index contributed by atoms with van der Waals surface area (Å²) in [5.74, 6) is 2.14. The highest BCUT2D eigenvalue weighted by Gasteiger charge is 2.36. The molecule has 6 heteroatoms. The Morgan fingerprint density at radius 3 is 2.40 bits per heavy atom. The first kappa shape index (κ1) is 14.7. The highest BCUT2D eigenvalue weighted by Crippen LogP contribution is 2.30. The molecule has 0 N–H and O–H groups in total. The van der Waals surface area contributed by atoms with Crippen LogP contribution in [0.3, 0.4) is 0 Å². The van der Waals surface area contributed by atoms with Crippen LogP contribution in [-0.4, -0.2) is 17.6 Å². The van der Waals surface area contributed by atoms with Crippen LogP contribution in [-0.2, 0) is 13.2 Å². The Hall–Kier alpha value is -1.74. The lowest BCUT2D eigenvalue weighted by Crippen LogP contribution is -2.16. The first-order chi connectivity index (χ1) is 9.08. The zero-order chi connectivity index (χ0) is 15.1. The number of rotatable bonds is 0. The molecule has 106 valence electrons. The minimum absolute atomic E-state index is 0.321. The minimum atomic E-state index is -4.45. The Kier molecular flexibility index (Phi) is 3.42. The number of hydrogen-bond donors (Lipinski definition) is 0. The van der Waals surface area contributed by atoms with E-state index in [-0.39, 0.29) is 0 Å². The molecular weight excluding hydrogens is 281 g/mol. The lowest BCUT2D eigenvalue weighted by molar-refractivity contribution is -0.146. The molecule has 2 aromatic rings. The fourth-order valence-electron chi connectivity index (χ4n) is 1.79. The van der Waals surface area contributed by atoms with Crippen molar-refractivity contribution in [2.45, 2.75) is 25.8 Å². The Balaban J connectivity index is 2.53. The highest BCUT2D eigenvalue weighted by molar-refractivity contribution is 6.83. The van der Waals surface area contributed by atoms with E-state index in [0.717, 1.165) is 4.57 Å². The molecule has 1 heterocycles. The molecule has 0 fully saturated rings. The van der Waals surface area contributed by atoms with E-state index < -0.39 is 20.1 Å². The topological polar surface area (TPSA) is 17.8 Å². The van der Waals surface area contributed by atoms with Crippen LogP contribution in [0.1, 0.15) is 11.4 Å². The monoisotopic (exact) mass is 296 g/mol. The first-order valence-corrected chi connectivity index (χ1v) is 9.65. The van der Waals surface area contributed by atoms with Crippen LogP contribution < -0.4 is 0 Å². The summed E-state index contributed by atoms with van der Waals surface area (Å²) in [6, 6.07) is 4.97. The van der Waals surface area contributed by atoms with Crippen molar-refractivity contribution in [3.63, 3.8) is 0 Å². The molecule has 0 atom stereocenters. The van der Waals surface area contributed by atoms with E-state index in [9.17, 15) is 13.2 Å². The fourth-order valence-corrected chi connectivity index (χ4v) is 2.31. The van der Waals surface area contributed by atoms with Gasteiger partial charge in [0, 0.05) is 12.6 Å². The summed E-state index contributed by atoms with van der Waals surface area (Å²) >= 11 is 0. The zero-order valence-corrected chi connectivity index (χ0v) is 12.8. The van der Waals surface area contributed by atoms with Gasteiger partial charge in [0.25, 0.3) is 0 Å². The van der Waals surface area contributed by atoms with Crippen molar-refractivity contribution in [2.75, 3.05) is 0 Å². The largest absolute Gasteiger partial charge is 0.449 e. The van der Waals surface area contributed by atoms with Crippen molar-refractivity contribution in [1.29, 1.82) is 0 Å². The molecule has 0 radical (unpaired) electrons. The molecule has 2 nitrogen and oxygen atoms in total. The fraction of sp³-hybridized carbons (Fsp3) is 0.357. The third kappa shape index (κ3) is 3.04. The second-order valence-corrected chi connectivity index (χ2v) is 10.4. The van der Waals surface area contributed by atoms with E-state index in [0.29, 0.717) is 16.6 Å². The number of aryl methyl sites for hydroxylation is 1. The smallest absolute Gasteiger partial charge is 0.323 e. The average molecular weight is 296 g/mol. The molecule has 0 unspecified atom stereocenters. The van der Waals surface area contributed by atoms with Crippen molar-refractivity contribution in [3.05, 3.63) is 29.6 Å². The molecule has 0 saturated carbocycles. The third-order valence-electron chi connectivity index (χ3n) is 2.72. The number of fused-ring (bicyclic) bond motifs is 1. The number of imidazole rings is 1. The van der Waals surface area contributed by atoms with E-state index in [1.807, 2.05) is 0 Å². The highest BCUT2D eigenvalue weighted by atomic mass is 28.3. The number of benzene rings is 1. The van der Waals surface area contributed by atoms with E-state index in [2.05, 4.69) is 36.1 Å². The summed E-state index contributed by atoms with van der Waals surface area (Å²) in [7, 11) is -0.143. The summed E-state index contributed by atoms with van der Waals surface area (Å²) in [4.78, 5) is 3.67. The van der Waals surface area contributed by atoms with Crippen LogP contribution in [0.25, 0.3) is 11.0 Å². The summed E-state index contributed by atoms with van der Waals surface area (Å²) in [5.41, 5.74) is 4.66. The Morgan fingerprint density at radius 2 is 1.85 bits per heavy atom. The standard InChI is InChI=1S/C14H15F3N2Si/c1-19-12-6-5-10(7-8-20(2,3)4)9-11(12)18-13(19)14(15,16)17/h5-6,9H,1-4H3. The van der Waals surface area contributed by atoms with Crippen LogP contribution in [0.4, 0.5) is 13.2 Å². The van der Waals surface area contributed by atoms with Crippen LogP contribution in [0.2, 0.25) is 19.6 Å². The Morgan fingerprint density at radius 1 is 1.20 bits per heavy atom. The van der Waals surface area contributed by atoms with Gasteiger partial charge < -0.3 is 4.57 Å². The maximum absolute atomic E-state index is 12.8. The van der Waals surface area contributed by atoms with Crippen molar-refractivity contribution < 1.29 is 13.2 Å². The first-order valence-electron chi connectivity index (χ1n) is 6.15. The zero-order valence-electron chi connectivity index (χ0n) is 11.8. The van der Waals surface area contributed by atoms with Crippen molar-refractivity contribution in [2.24, 2.45) is 7.05 Å². The number of hydrogen-bond acceptors (Lipinski definition) is 1. The van der Waals surface area contributed by atoms with Crippen LogP contribution in [0, 0.1) is 11.5 Å². The molecule has 1 aromatic heterocycles. The number of nitrogens with zero attached hydrogens (tertiary/aromatic N) is 2. The van der Waals surface area contributed by atoms with Gasteiger partial charge in [0.2, 0.25) is 5.82 Å². The second kappa shape index (κ2) is 4.67. The quantitative estimate of drug-likeness (QED) is 0.534. The maximum Gasteiger partial charge on any atom is 0.449 e. The van der Waals surface area contributed by atoms with Gasteiger partial charge in [0.15, 0.2) is 0 Å². The van der Waals surface area contributed by atoms with E-state index in [1.54, 1.807) is 18.2 Å². The lowest BCUT2D eigenvalue weighted by Gasteiger charge is -2.05.